The van der Waals surface area contributed by atoms with E-state index >= 15 is 0 Å². The lowest BCUT2D eigenvalue weighted by Crippen LogP contribution is -2.61. The van der Waals surface area contributed by atoms with Crippen LogP contribution >= 0.6 is 12.4 Å². The van der Waals surface area contributed by atoms with Gasteiger partial charge in [-0.1, -0.05) is 19.1 Å². The fraction of sp³-hybridized carbons (Fsp3) is 0.654. The number of guanidine groups is 1. The molecule has 4 aliphatic rings. The molecule has 3 fully saturated rings. The van der Waals surface area contributed by atoms with Crippen molar-refractivity contribution in [2.24, 2.45) is 11.7 Å². The highest BCUT2D eigenvalue weighted by atomic mass is 35.5. The number of amides is 2. The molecular formula is C26H40ClN7O5S. The number of likely N-dealkylation sites (tertiary alicyclic amines) is 1. The number of carbonyl (C=O) groups is 2. The second kappa shape index (κ2) is 12.1. The summed E-state index contributed by atoms with van der Waals surface area (Å²) in [4.78, 5) is 30.2. The first-order valence-electron chi connectivity index (χ1n) is 13.9. The Hall–Kier alpha value is -2.61. The number of para-hydroxylation sites is 1. The van der Waals surface area contributed by atoms with E-state index in [2.05, 4.69) is 22.3 Å². The topological polar surface area (TPSA) is 181 Å². The highest BCUT2D eigenvalue weighted by Gasteiger charge is 2.46. The zero-order valence-electron chi connectivity index (χ0n) is 22.6. The number of nitrogens with one attached hydrogen (secondary N) is 4. The number of hydrogen-bond donors (Lipinski definition) is 6. The lowest BCUT2D eigenvalue weighted by Gasteiger charge is -2.39. The highest BCUT2D eigenvalue weighted by molar-refractivity contribution is 7.89. The Kier molecular flexibility index (Phi) is 9.18. The smallest absolute Gasteiger partial charge is 0.243 e. The van der Waals surface area contributed by atoms with Gasteiger partial charge in [-0.05, 0) is 68.9 Å². The molecule has 4 aliphatic heterocycles. The van der Waals surface area contributed by atoms with Gasteiger partial charge in [0.15, 0.2) is 5.96 Å². The van der Waals surface area contributed by atoms with Crippen LogP contribution in [0.25, 0.3) is 0 Å². The molecule has 0 spiro atoms. The largest absolute Gasteiger partial charge is 0.383 e. The van der Waals surface area contributed by atoms with E-state index in [1.165, 1.54) is 4.90 Å². The van der Waals surface area contributed by atoms with Crippen LogP contribution in [0.4, 0.5) is 5.69 Å². The molecule has 1 aromatic rings. The number of aliphatic hydroxyl groups is 1. The Balaban J connectivity index is 0.00000370. The Bertz CT molecular complexity index is 1250. The van der Waals surface area contributed by atoms with E-state index in [1.807, 2.05) is 6.07 Å². The van der Waals surface area contributed by atoms with Crippen molar-refractivity contribution in [3.05, 3.63) is 23.8 Å². The van der Waals surface area contributed by atoms with Crippen molar-refractivity contribution in [3.8, 4) is 0 Å². The summed E-state index contributed by atoms with van der Waals surface area (Å²) in [5.41, 5.74) is 7.10. The number of piperidine rings is 1. The maximum absolute atomic E-state index is 13.8. The molecule has 7 N–H and O–H groups in total. The lowest BCUT2D eigenvalue weighted by atomic mass is 9.96. The molecule has 12 nitrogen and oxygen atoms in total. The maximum Gasteiger partial charge on any atom is 0.243 e. The van der Waals surface area contributed by atoms with Crippen LogP contribution in [0.2, 0.25) is 0 Å². The van der Waals surface area contributed by atoms with Gasteiger partial charge in [0.25, 0.3) is 0 Å². The van der Waals surface area contributed by atoms with Crippen LogP contribution in [-0.4, -0.2) is 84.6 Å². The van der Waals surface area contributed by atoms with Crippen LogP contribution in [0, 0.1) is 11.3 Å². The average Bonchev–Trinajstić information content (AvgIpc) is 3.25. The fourth-order valence-electron chi connectivity index (χ4n) is 6.54. The predicted octanol–water partition coefficient (Wildman–Crippen LogP) is 0.695. The zero-order chi connectivity index (χ0) is 27.9. The third-order valence-corrected chi connectivity index (χ3v) is 10.0. The van der Waals surface area contributed by atoms with Crippen molar-refractivity contribution >= 4 is 45.9 Å². The summed E-state index contributed by atoms with van der Waals surface area (Å²) < 4.78 is 29.8. The van der Waals surface area contributed by atoms with Gasteiger partial charge in [-0.25, -0.2) is 8.42 Å². The Morgan fingerprint density at radius 1 is 1.18 bits per heavy atom. The van der Waals surface area contributed by atoms with Crippen LogP contribution < -0.4 is 21.1 Å². The first-order valence-corrected chi connectivity index (χ1v) is 15.3. The van der Waals surface area contributed by atoms with Gasteiger partial charge in [0.2, 0.25) is 21.8 Å². The van der Waals surface area contributed by atoms with Gasteiger partial charge in [0.1, 0.15) is 23.2 Å². The van der Waals surface area contributed by atoms with Gasteiger partial charge in [-0.3, -0.25) is 15.0 Å². The number of anilines is 1. The van der Waals surface area contributed by atoms with E-state index in [-0.39, 0.29) is 41.1 Å². The monoisotopic (exact) mass is 597 g/mol. The third-order valence-electron chi connectivity index (χ3n) is 8.51. The quantitative estimate of drug-likeness (QED) is 0.212. The van der Waals surface area contributed by atoms with Gasteiger partial charge in [0.05, 0.1) is 11.7 Å². The summed E-state index contributed by atoms with van der Waals surface area (Å²) in [7, 11) is -4.01. The van der Waals surface area contributed by atoms with E-state index in [1.54, 1.807) is 17.0 Å². The first kappa shape index (κ1) is 30.4. The summed E-state index contributed by atoms with van der Waals surface area (Å²) in [5.74, 6) is -0.634. The predicted molar refractivity (Wildman–Crippen MR) is 152 cm³/mol. The molecule has 6 atom stereocenters. The van der Waals surface area contributed by atoms with Gasteiger partial charge in [-0.15, -0.1) is 12.4 Å². The molecule has 0 aliphatic carbocycles. The number of halogens is 1. The van der Waals surface area contributed by atoms with E-state index in [9.17, 15) is 23.1 Å². The molecule has 5 rings (SSSR count). The molecule has 2 amide bonds. The van der Waals surface area contributed by atoms with Crippen molar-refractivity contribution in [1.29, 1.82) is 5.41 Å². The first-order chi connectivity index (χ1) is 18.6. The molecule has 40 heavy (non-hydrogen) atoms. The van der Waals surface area contributed by atoms with Crippen molar-refractivity contribution in [2.75, 3.05) is 18.4 Å². The Morgan fingerprint density at radius 2 is 1.95 bits per heavy atom. The minimum atomic E-state index is -4.01. The number of fused-ring (bicyclic) bond motifs is 2. The van der Waals surface area contributed by atoms with Crippen molar-refractivity contribution in [3.63, 3.8) is 0 Å². The minimum absolute atomic E-state index is 0. The van der Waals surface area contributed by atoms with E-state index in [4.69, 9.17) is 11.1 Å². The van der Waals surface area contributed by atoms with E-state index in [0.29, 0.717) is 69.6 Å². The van der Waals surface area contributed by atoms with Crippen molar-refractivity contribution < 1.29 is 23.1 Å². The zero-order valence-corrected chi connectivity index (χ0v) is 24.3. The number of nitrogens with zero attached hydrogens (tertiary/aromatic N) is 2. The molecule has 1 aromatic carbocycles. The van der Waals surface area contributed by atoms with E-state index < -0.39 is 34.4 Å². The second-order valence-corrected chi connectivity index (χ2v) is 13.0. The normalized spacial score (nSPS) is 30.3. The molecule has 4 heterocycles. The molecule has 3 saturated heterocycles. The minimum Gasteiger partial charge on any atom is -0.383 e. The number of benzene rings is 1. The van der Waals surface area contributed by atoms with Gasteiger partial charge < -0.3 is 31.3 Å². The Labute approximate surface area is 241 Å². The fourth-order valence-corrected chi connectivity index (χ4v) is 7.99. The third kappa shape index (κ3) is 5.88. The summed E-state index contributed by atoms with van der Waals surface area (Å²) in [6.07, 6.45) is 3.66. The number of sulfonamides is 1. The van der Waals surface area contributed by atoms with Gasteiger partial charge in [0, 0.05) is 19.1 Å². The highest BCUT2D eigenvalue weighted by Crippen LogP contribution is 2.34. The summed E-state index contributed by atoms with van der Waals surface area (Å²) in [6, 6.07) is 2.72. The molecule has 0 saturated carbocycles. The molecule has 0 bridgehead atoms. The van der Waals surface area contributed by atoms with Gasteiger partial charge >= 0.3 is 0 Å². The van der Waals surface area contributed by atoms with Crippen molar-refractivity contribution in [2.45, 2.75) is 93.6 Å². The number of nitrogens with two attached hydrogens (primary N) is 1. The van der Waals surface area contributed by atoms with Gasteiger partial charge in [-0.2, -0.15) is 4.72 Å². The molecule has 14 heteroatoms. The Morgan fingerprint density at radius 3 is 2.70 bits per heavy atom. The second-order valence-electron chi connectivity index (χ2n) is 11.3. The number of aliphatic hydroxyl groups excluding tert-OH is 1. The molecular weight excluding hydrogens is 558 g/mol. The molecule has 2 unspecified atom stereocenters. The van der Waals surface area contributed by atoms with Crippen molar-refractivity contribution in [1.82, 2.24) is 19.8 Å². The molecule has 0 aromatic heterocycles. The summed E-state index contributed by atoms with van der Waals surface area (Å²) in [5, 5.41) is 24.4. The number of rotatable bonds is 5. The average molecular weight is 598 g/mol. The SMILES string of the molecule is CC1CNc2c(cccc2S(=O)(=O)N[C@H]2CCC[C@H]3CC[C@@H](C(=O)N[C@H]4CCCN(C(=N)N)C4O)N3C2=O)C1.Cl. The molecule has 222 valence electrons. The van der Waals surface area contributed by atoms with Crippen LogP contribution in [0.5, 0.6) is 0 Å². The summed E-state index contributed by atoms with van der Waals surface area (Å²) >= 11 is 0. The van der Waals surface area contributed by atoms with E-state index in [0.717, 1.165) is 12.0 Å². The number of hydrogen-bond acceptors (Lipinski definition) is 7. The standard InChI is InChI=1S/C26H39N7O5S.ClH/c1-15-13-16-5-2-9-21(22(16)29-14-15)39(37,38)31-19-7-3-6-17-10-11-20(33(17)25(19)36)23(34)30-18-8-4-12-32(24(18)35)26(27)28;/h2,5,9,15,17-20,24,29,31,35H,3-4,6-8,10-14H2,1H3,(H3,27,28)(H,30,34);1H/t15?,17-,18-,19-,20-,24?;/m0./s1. The van der Waals surface area contributed by atoms with Crippen LogP contribution in [-0.2, 0) is 26.0 Å². The van der Waals surface area contributed by atoms with Crippen LogP contribution in [0.3, 0.4) is 0 Å². The lowest BCUT2D eigenvalue weighted by molar-refractivity contribution is -0.142. The van der Waals surface area contributed by atoms with Crippen LogP contribution in [0.1, 0.15) is 57.4 Å². The number of carbonyl (C=O) groups excluding carboxylic acids is 2. The molecule has 0 radical (unpaired) electrons. The maximum atomic E-state index is 13.8. The summed E-state index contributed by atoms with van der Waals surface area (Å²) in [6.45, 7) is 3.21. The van der Waals surface area contributed by atoms with Crippen LogP contribution in [0.15, 0.2) is 23.1 Å².